The zero-order chi connectivity index (χ0) is 16.5. The third kappa shape index (κ3) is 5.24. The van der Waals surface area contributed by atoms with Gasteiger partial charge in [-0.15, -0.1) is 0 Å². The fourth-order valence-electron chi connectivity index (χ4n) is 3.87. The van der Waals surface area contributed by atoms with E-state index >= 15 is 0 Å². The first-order valence-corrected chi connectivity index (χ1v) is 9.69. The summed E-state index contributed by atoms with van der Waals surface area (Å²) in [5, 5.41) is 9.13. The first-order valence-electron chi connectivity index (χ1n) is 9.69. The van der Waals surface area contributed by atoms with E-state index in [0.29, 0.717) is 6.61 Å². The van der Waals surface area contributed by atoms with E-state index in [2.05, 4.69) is 26.0 Å². The molecule has 0 saturated heterocycles. The average Bonchev–Trinajstić information content (AvgIpc) is 2.84. The van der Waals surface area contributed by atoms with E-state index in [-0.39, 0.29) is 6.61 Å². The van der Waals surface area contributed by atoms with Gasteiger partial charge in [-0.25, -0.2) is 0 Å². The molecule has 1 saturated carbocycles. The van der Waals surface area contributed by atoms with Gasteiger partial charge in [-0.2, -0.15) is 0 Å². The highest BCUT2D eigenvalue weighted by molar-refractivity contribution is 5.46. The fraction of sp³-hybridized carbons (Fsp3) is 0.714. The lowest BCUT2D eigenvalue weighted by molar-refractivity contribution is 0.199. The molecule has 1 aliphatic carbocycles. The van der Waals surface area contributed by atoms with Gasteiger partial charge in [-0.3, -0.25) is 0 Å². The molecule has 0 spiro atoms. The minimum atomic E-state index is 0.0848. The van der Waals surface area contributed by atoms with Crippen molar-refractivity contribution in [2.75, 3.05) is 13.2 Å². The lowest BCUT2D eigenvalue weighted by Crippen LogP contribution is -2.09. The summed E-state index contributed by atoms with van der Waals surface area (Å²) in [4.78, 5) is 0. The molecule has 0 radical (unpaired) electrons. The molecule has 1 aromatic rings. The zero-order valence-corrected chi connectivity index (χ0v) is 15.1. The van der Waals surface area contributed by atoms with Crippen LogP contribution in [0.4, 0.5) is 0 Å². The number of aliphatic hydroxyl groups excluding tert-OH is 1. The van der Waals surface area contributed by atoms with E-state index in [1.54, 1.807) is 0 Å². The topological polar surface area (TPSA) is 29.5 Å². The third-order valence-electron chi connectivity index (χ3n) is 4.97. The molecule has 2 heteroatoms. The van der Waals surface area contributed by atoms with E-state index < -0.39 is 0 Å². The molecule has 2 rings (SSSR count). The number of hydrogen-bond donors (Lipinski definition) is 1. The van der Waals surface area contributed by atoms with Gasteiger partial charge in [-0.1, -0.05) is 64.5 Å². The van der Waals surface area contributed by atoms with Crippen LogP contribution in [-0.2, 0) is 12.8 Å². The molecule has 0 unspecified atom stereocenters. The molecule has 1 N–H and O–H groups in total. The molecule has 1 aliphatic rings. The molecule has 1 fully saturated rings. The second-order valence-corrected chi connectivity index (χ2v) is 6.93. The predicted octanol–water partition coefficient (Wildman–Crippen LogP) is 5.40. The molecule has 2 nitrogen and oxygen atoms in total. The van der Waals surface area contributed by atoms with Crippen LogP contribution in [0.15, 0.2) is 12.1 Å². The standard InChI is InChI=1S/C21H34O2/c1-3-9-18-15-20(17-11-7-5-6-8-12-17)16-19(10-4-2)21(18)23-14-13-22/h15-17,22H,3-14H2,1-2H3. The van der Waals surface area contributed by atoms with Crippen LogP contribution in [0.3, 0.4) is 0 Å². The van der Waals surface area contributed by atoms with Gasteiger partial charge in [0.1, 0.15) is 12.4 Å². The maximum atomic E-state index is 9.13. The number of rotatable bonds is 8. The first-order chi connectivity index (χ1) is 11.3. The highest BCUT2D eigenvalue weighted by Crippen LogP contribution is 2.36. The van der Waals surface area contributed by atoms with E-state index in [1.807, 2.05) is 0 Å². The highest BCUT2D eigenvalue weighted by atomic mass is 16.5. The Kier molecular flexibility index (Phi) is 7.94. The lowest BCUT2D eigenvalue weighted by atomic mass is 9.87. The summed E-state index contributed by atoms with van der Waals surface area (Å²) in [6.07, 6.45) is 12.6. The van der Waals surface area contributed by atoms with Gasteiger partial charge in [0.15, 0.2) is 0 Å². The third-order valence-corrected chi connectivity index (χ3v) is 4.97. The molecule has 130 valence electrons. The van der Waals surface area contributed by atoms with Crippen molar-refractivity contribution in [3.63, 3.8) is 0 Å². The fourth-order valence-corrected chi connectivity index (χ4v) is 3.87. The molecule has 1 aromatic carbocycles. The Morgan fingerprint density at radius 3 is 2.00 bits per heavy atom. The first kappa shape index (κ1) is 18.3. The van der Waals surface area contributed by atoms with Gasteiger partial charge < -0.3 is 9.84 Å². The zero-order valence-electron chi connectivity index (χ0n) is 15.1. The Hall–Kier alpha value is -1.02. The summed E-state index contributed by atoms with van der Waals surface area (Å²) in [5.74, 6) is 1.79. The normalized spacial score (nSPS) is 16.3. The maximum absolute atomic E-state index is 9.13. The van der Waals surface area contributed by atoms with Crippen LogP contribution in [0.2, 0.25) is 0 Å². The van der Waals surface area contributed by atoms with Gasteiger partial charge in [0.2, 0.25) is 0 Å². The molecular weight excluding hydrogens is 284 g/mol. The van der Waals surface area contributed by atoms with Crippen molar-refractivity contribution in [2.45, 2.75) is 84.0 Å². The van der Waals surface area contributed by atoms with E-state index in [0.717, 1.165) is 37.4 Å². The summed E-state index contributed by atoms with van der Waals surface area (Å²) in [6.45, 7) is 4.94. The van der Waals surface area contributed by atoms with E-state index in [9.17, 15) is 0 Å². The predicted molar refractivity (Wildman–Crippen MR) is 97.5 cm³/mol. The van der Waals surface area contributed by atoms with Gasteiger partial charge in [0.25, 0.3) is 0 Å². The van der Waals surface area contributed by atoms with Crippen molar-refractivity contribution in [1.29, 1.82) is 0 Å². The molecule has 0 atom stereocenters. The van der Waals surface area contributed by atoms with Crippen molar-refractivity contribution in [3.05, 3.63) is 28.8 Å². The van der Waals surface area contributed by atoms with Crippen LogP contribution in [0, 0.1) is 0 Å². The highest BCUT2D eigenvalue weighted by Gasteiger charge is 2.19. The average molecular weight is 319 g/mol. The van der Waals surface area contributed by atoms with Crippen molar-refractivity contribution >= 4 is 0 Å². The smallest absolute Gasteiger partial charge is 0.125 e. The Labute approximate surface area is 142 Å². The Morgan fingerprint density at radius 2 is 1.52 bits per heavy atom. The quantitative estimate of drug-likeness (QED) is 0.650. The number of aliphatic hydroxyl groups is 1. The van der Waals surface area contributed by atoms with Gasteiger partial charge in [0.05, 0.1) is 6.61 Å². The van der Waals surface area contributed by atoms with Crippen LogP contribution >= 0.6 is 0 Å². The van der Waals surface area contributed by atoms with Crippen LogP contribution < -0.4 is 4.74 Å². The summed E-state index contributed by atoms with van der Waals surface area (Å²) in [6, 6.07) is 4.82. The molecule has 0 aliphatic heterocycles. The van der Waals surface area contributed by atoms with Gasteiger partial charge >= 0.3 is 0 Å². The number of benzene rings is 1. The number of ether oxygens (including phenoxy) is 1. The Morgan fingerprint density at radius 1 is 0.957 bits per heavy atom. The van der Waals surface area contributed by atoms with Crippen LogP contribution in [0.5, 0.6) is 5.75 Å². The maximum Gasteiger partial charge on any atom is 0.125 e. The monoisotopic (exact) mass is 318 g/mol. The summed E-state index contributed by atoms with van der Waals surface area (Å²) in [7, 11) is 0. The minimum absolute atomic E-state index is 0.0848. The number of hydrogen-bond acceptors (Lipinski definition) is 2. The Balaban J connectivity index is 2.34. The summed E-state index contributed by atoms with van der Waals surface area (Å²) >= 11 is 0. The molecule has 0 amide bonds. The second-order valence-electron chi connectivity index (χ2n) is 6.93. The summed E-state index contributed by atoms with van der Waals surface area (Å²) in [5.41, 5.74) is 4.24. The van der Waals surface area contributed by atoms with Crippen LogP contribution in [-0.4, -0.2) is 18.3 Å². The molecule has 23 heavy (non-hydrogen) atoms. The Bertz CT molecular complexity index is 432. The largest absolute Gasteiger partial charge is 0.491 e. The second kappa shape index (κ2) is 9.97. The molecule has 0 bridgehead atoms. The molecule has 0 heterocycles. The van der Waals surface area contributed by atoms with Crippen LogP contribution in [0.25, 0.3) is 0 Å². The van der Waals surface area contributed by atoms with E-state index in [4.69, 9.17) is 9.84 Å². The van der Waals surface area contributed by atoms with E-state index in [1.165, 1.54) is 55.2 Å². The minimum Gasteiger partial charge on any atom is -0.491 e. The van der Waals surface area contributed by atoms with Gasteiger partial charge in [0, 0.05) is 0 Å². The van der Waals surface area contributed by atoms with Crippen LogP contribution in [0.1, 0.15) is 87.8 Å². The molecular formula is C21H34O2. The summed E-state index contributed by atoms with van der Waals surface area (Å²) < 4.78 is 5.94. The van der Waals surface area contributed by atoms with Crippen molar-refractivity contribution in [2.24, 2.45) is 0 Å². The molecule has 0 aromatic heterocycles. The van der Waals surface area contributed by atoms with Crippen molar-refractivity contribution < 1.29 is 9.84 Å². The SMILES string of the molecule is CCCc1cc(C2CCCCCC2)cc(CCC)c1OCCO. The van der Waals surface area contributed by atoms with Crippen molar-refractivity contribution in [1.82, 2.24) is 0 Å². The van der Waals surface area contributed by atoms with Crippen molar-refractivity contribution in [3.8, 4) is 5.75 Å². The number of aryl methyl sites for hydroxylation is 2. The van der Waals surface area contributed by atoms with Gasteiger partial charge in [-0.05, 0) is 48.3 Å². The lowest BCUT2D eigenvalue weighted by Gasteiger charge is -2.21.